The van der Waals surface area contributed by atoms with Gasteiger partial charge in [-0.15, -0.1) is 0 Å². The molecule has 1 unspecified atom stereocenters. The van der Waals surface area contributed by atoms with Crippen molar-refractivity contribution in [1.82, 2.24) is 0 Å². The maximum Gasteiger partial charge on any atom is 0.123 e. The Balaban J connectivity index is 2.56. The molecule has 0 aliphatic carbocycles. The molecule has 0 fully saturated rings. The van der Waals surface area contributed by atoms with Crippen molar-refractivity contribution in [3.8, 4) is 0 Å². The standard InChI is InChI=1S/C17H19FO/c1-10-5-6-11(2)15(7-10)17(19)16-12(3)8-14(18)9-13(16)4/h5-9,17,19H,1-4H3. The molecule has 19 heavy (non-hydrogen) atoms. The minimum atomic E-state index is -0.708. The molecule has 0 heterocycles. The Kier molecular flexibility index (Phi) is 3.72. The van der Waals surface area contributed by atoms with E-state index in [9.17, 15) is 9.50 Å². The highest BCUT2D eigenvalue weighted by atomic mass is 19.1. The molecular weight excluding hydrogens is 239 g/mol. The molecule has 0 aliphatic heterocycles. The normalized spacial score (nSPS) is 12.5. The molecule has 0 aliphatic rings. The summed E-state index contributed by atoms with van der Waals surface area (Å²) >= 11 is 0. The molecule has 0 spiro atoms. The van der Waals surface area contributed by atoms with Crippen LogP contribution in [0.15, 0.2) is 30.3 Å². The number of aryl methyl sites for hydroxylation is 4. The van der Waals surface area contributed by atoms with Crippen LogP contribution in [0.3, 0.4) is 0 Å². The lowest BCUT2D eigenvalue weighted by atomic mass is 9.90. The lowest BCUT2D eigenvalue weighted by Gasteiger charge is -2.19. The summed E-state index contributed by atoms with van der Waals surface area (Å²) in [6, 6.07) is 8.95. The van der Waals surface area contributed by atoms with Gasteiger partial charge in [-0.1, -0.05) is 23.8 Å². The lowest BCUT2D eigenvalue weighted by molar-refractivity contribution is 0.218. The second-order valence-electron chi connectivity index (χ2n) is 5.22. The maximum absolute atomic E-state index is 13.3. The molecule has 0 saturated carbocycles. The first-order valence-corrected chi connectivity index (χ1v) is 6.42. The van der Waals surface area contributed by atoms with E-state index < -0.39 is 6.10 Å². The summed E-state index contributed by atoms with van der Waals surface area (Å²) in [6.45, 7) is 7.64. The van der Waals surface area contributed by atoms with Crippen LogP contribution in [-0.2, 0) is 0 Å². The van der Waals surface area contributed by atoms with Gasteiger partial charge in [0.1, 0.15) is 11.9 Å². The van der Waals surface area contributed by atoms with Crippen molar-refractivity contribution in [2.45, 2.75) is 33.8 Å². The fraction of sp³-hybridized carbons (Fsp3) is 0.294. The van der Waals surface area contributed by atoms with E-state index in [-0.39, 0.29) is 5.82 Å². The fourth-order valence-electron chi connectivity index (χ4n) is 2.56. The second kappa shape index (κ2) is 5.14. The molecule has 0 aromatic heterocycles. The van der Waals surface area contributed by atoms with Gasteiger partial charge in [-0.05, 0) is 67.6 Å². The Morgan fingerprint density at radius 1 is 0.895 bits per heavy atom. The molecule has 2 aromatic rings. The lowest BCUT2D eigenvalue weighted by Crippen LogP contribution is -2.07. The van der Waals surface area contributed by atoms with Gasteiger partial charge in [0.15, 0.2) is 0 Å². The molecular formula is C17H19FO. The van der Waals surface area contributed by atoms with Gasteiger partial charge in [0, 0.05) is 0 Å². The maximum atomic E-state index is 13.3. The third-order valence-corrected chi connectivity index (χ3v) is 3.56. The topological polar surface area (TPSA) is 20.2 Å². The van der Waals surface area contributed by atoms with Crippen molar-refractivity contribution < 1.29 is 9.50 Å². The zero-order valence-corrected chi connectivity index (χ0v) is 11.8. The SMILES string of the molecule is Cc1ccc(C)c(C(O)c2c(C)cc(F)cc2C)c1. The van der Waals surface area contributed by atoms with Crippen LogP contribution in [-0.4, -0.2) is 5.11 Å². The molecule has 0 amide bonds. The Morgan fingerprint density at radius 2 is 1.47 bits per heavy atom. The molecule has 1 nitrogen and oxygen atoms in total. The first kappa shape index (κ1) is 13.8. The van der Waals surface area contributed by atoms with E-state index in [0.29, 0.717) is 0 Å². The molecule has 2 heteroatoms. The largest absolute Gasteiger partial charge is 0.384 e. The van der Waals surface area contributed by atoms with E-state index in [2.05, 4.69) is 0 Å². The quantitative estimate of drug-likeness (QED) is 0.858. The second-order valence-corrected chi connectivity index (χ2v) is 5.22. The number of rotatable bonds is 2. The van der Waals surface area contributed by atoms with Gasteiger partial charge < -0.3 is 5.11 Å². The van der Waals surface area contributed by atoms with Crippen molar-refractivity contribution >= 4 is 0 Å². The summed E-state index contributed by atoms with van der Waals surface area (Å²) in [5.41, 5.74) is 5.41. The molecule has 2 rings (SSSR count). The van der Waals surface area contributed by atoms with Crippen LogP contribution < -0.4 is 0 Å². The van der Waals surface area contributed by atoms with Crippen LogP contribution in [0.5, 0.6) is 0 Å². The Hall–Kier alpha value is -1.67. The summed E-state index contributed by atoms with van der Waals surface area (Å²) < 4.78 is 13.3. The Labute approximate surface area is 113 Å². The minimum absolute atomic E-state index is 0.257. The highest BCUT2D eigenvalue weighted by Crippen LogP contribution is 2.30. The molecule has 1 N–H and O–H groups in total. The highest BCUT2D eigenvalue weighted by molar-refractivity contribution is 5.44. The monoisotopic (exact) mass is 258 g/mol. The third-order valence-electron chi connectivity index (χ3n) is 3.56. The van der Waals surface area contributed by atoms with Crippen LogP contribution in [0.4, 0.5) is 4.39 Å². The van der Waals surface area contributed by atoms with E-state index in [4.69, 9.17) is 0 Å². The van der Waals surface area contributed by atoms with Crippen LogP contribution in [0.2, 0.25) is 0 Å². The zero-order chi connectivity index (χ0) is 14.2. The number of aliphatic hydroxyl groups excluding tert-OH is 1. The van der Waals surface area contributed by atoms with Crippen molar-refractivity contribution in [3.05, 3.63) is 69.5 Å². The molecule has 0 radical (unpaired) electrons. The van der Waals surface area contributed by atoms with Crippen molar-refractivity contribution in [2.75, 3.05) is 0 Å². The molecule has 0 bridgehead atoms. The van der Waals surface area contributed by atoms with Gasteiger partial charge in [0.2, 0.25) is 0 Å². The van der Waals surface area contributed by atoms with Crippen molar-refractivity contribution in [3.63, 3.8) is 0 Å². The third kappa shape index (κ3) is 2.69. The average Bonchev–Trinajstić information content (AvgIpc) is 2.30. The minimum Gasteiger partial charge on any atom is -0.384 e. The number of benzene rings is 2. The summed E-state index contributed by atoms with van der Waals surface area (Å²) in [7, 11) is 0. The van der Waals surface area contributed by atoms with Crippen LogP contribution in [0, 0.1) is 33.5 Å². The fourth-order valence-corrected chi connectivity index (χ4v) is 2.56. The molecule has 1 atom stereocenters. The number of aliphatic hydroxyl groups is 1. The Morgan fingerprint density at radius 3 is 2.05 bits per heavy atom. The van der Waals surface area contributed by atoms with Gasteiger partial charge in [-0.2, -0.15) is 0 Å². The van der Waals surface area contributed by atoms with Crippen molar-refractivity contribution in [2.24, 2.45) is 0 Å². The number of halogens is 1. The molecule has 0 saturated heterocycles. The highest BCUT2D eigenvalue weighted by Gasteiger charge is 2.18. The first-order valence-electron chi connectivity index (χ1n) is 6.42. The van der Waals surface area contributed by atoms with E-state index >= 15 is 0 Å². The predicted octanol–water partition coefficient (Wildman–Crippen LogP) is 4.14. The Bertz CT molecular complexity index is 594. The van der Waals surface area contributed by atoms with Gasteiger partial charge in [0.25, 0.3) is 0 Å². The summed E-state index contributed by atoms with van der Waals surface area (Å²) in [4.78, 5) is 0. The molecule has 2 aromatic carbocycles. The summed E-state index contributed by atoms with van der Waals surface area (Å²) in [5.74, 6) is -0.257. The number of hydrogen-bond acceptors (Lipinski definition) is 1. The van der Waals surface area contributed by atoms with Gasteiger partial charge >= 0.3 is 0 Å². The van der Waals surface area contributed by atoms with Crippen LogP contribution >= 0.6 is 0 Å². The van der Waals surface area contributed by atoms with Crippen LogP contribution in [0.1, 0.15) is 39.5 Å². The summed E-state index contributed by atoms with van der Waals surface area (Å²) in [5, 5.41) is 10.6. The van der Waals surface area contributed by atoms with E-state index in [0.717, 1.165) is 33.4 Å². The van der Waals surface area contributed by atoms with E-state index in [1.807, 2.05) is 45.9 Å². The average molecular weight is 258 g/mol. The molecule has 100 valence electrons. The van der Waals surface area contributed by atoms with Crippen molar-refractivity contribution in [1.29, 1.82) is 0 Å². The zero-order valence-electron chi connectivity index (χ0n) is 11.8. The van der Waals surface area contributed by atoms with E-state index in [1.165, 1.54) is 12.1 Å². The van der Waals surface area contributed by atoms with Gasteiger partial charge in [-0.3, -0.25) is 0 Å². The first-order chi connectivity index (χ1) is 8.90. The summed E-state index contributed by atoms with van der Waals surface area (Å²) in [6.07, 6.45) is -0.708. The van der Waals surface area contributed by atoms with Gasteiger partial charge in [-0.25, -0.2) is 4.39 Å². The van der Waals surface area contributed by atoms with Gasteiger partial charge in [0.05, 0.1) is 0 Å². The predicted molar refractivity (Wildman–Crippen MR) is 75.9 cm³/mol. The van der Waals surface area contributed by atoms with Crippen LogP contribution in [0.25, 0.3) is 0 Å². The smallest absolute Gasteiger partial charge is 0.123 e. The number of hydrogen-bond donors (Lipinski definition) is 1. The van der Waals surface area contributed by atoms with E-state index in [1.54, 1.807) is 0 Å².